The van der Waals surface area contributed by atoms with E-state index in [4.69, 9.17) is 0 Å². The van der Waals surface area contributed by atoms with E-state index in [0.717, 1.165) is 12.1 Å². The molecule has 0 aliphatic rings. The van der Waals surface area contributed by atoms with Gasteiger partial charge in [-0.05, 0) is 24.6 Å². The molecule has 0 aliphatic heterocycles. The lowest BCUT2D eigenvalue weighted by molar-refractivity contribution is 0.0599. The third-order valence-corrected chi connectivity index (χ3v) is 1.67. The van der Waals surface area contributed by atoms with Crippen molar-refractivity contribution in [2.24, 2.45) is 0 Å². The quantitative estimate of drug-likeness (QED) is 0.627. The predicted octanol–water partition coefficient (Wildman–Crippen LogP) is 2.06. The van der Waals surface area contributed by atoms with Crippen LogP contribution in [0, 0.1) is 18.6 Å². The summed E-state index contributed by atoms with van der Waals surface area (Å²) in [4.78, 5) is 11.0. The average Bonchev–Trinajstić information content (AvgIpc) is 2.10. The highest BCUT2D eigenvalue weighted by Crippen LogP contribution is 2.14. The van der Waals surface area contributed by atoms with Gasteiger partial charge in [0.15, 0.2) is 11.6 Å². The summed E-state index contributed by atoms with van der Waals surface area (Å²) in [5, 5.41) is 0. The van der Waals surface area contributed by atoms with E-state index in [1.165, 1.54) is 14.0 Å². The standard InChI is InChI=1S/C9H8F2O2/c1-5-3-7(10)8(11)4-6(5)9(12)13-2/h3-4H,1-2H3. The molecule has 0 bridgehead atoms. The van der Waals surface area contributed by atoms with Crippen LogP contribution in [0.4, 0.5) is 8.78 Å². The van der Waals surface area contributed by atoms with E-state index >= 15 is 0 Å². The van der Waals surface area contributed by atoms with Crippen LogP contribution >= 0.6 is 0 Å². The number of hydrogen-bond donors (Lipinski definition) is 0. The molecular weight excluding hydrogens is 178 g/mol. The number of aryl methyl sites for hydroxylation is 1. The Hall–Kier alpha value is -1.45. The fourth-order valence-corrected chi connectivity index (χ4v) is 0.976. The molecule has 1 rings (SSSR count). The van der Waals surface area contributed by atoms with Gasteiger partial charge in [-0.15, -0.1) is 0 Å². The maximum Gasteiger partial charge on any atom is 0.338 e. The van der Waals surface area contributed by atoms with Crippen LogP contribution in [0.15, 0.2) is 12.1 Å². The van der Waals surface area contributed by atoms with E-state index in [2.05, 4.69) is 4.74 Å². The van der Waals surface area contributed by atoms with Crippen LogP contribution in [0.5, 0.6) is 0 Å². The lowest BCUT2D eigenvalue weighted by Gasteiger charge is -2.03. The van der Waals surface area contributed by atoms with E-state index in [-0.39, 0.29) is 5.56 Å². The van der Waals surface area contributed by atoms with Crippen LogP contribution in [0.25, 0.3) is 0 Å². The molecule has 0 aliphatic carbocycles. The van der Waals surface area contributed by atoms with Crippen molar-refractivity contribution < 1.29 is 18.3 Å². The molecule has 0 saturated heterocycles. The molecule has 0 N–H and O–H groups in total. The van der Waals surface area contributed by atoms with Gasteiger partial charge in [0.1, 0.15) is 0 Å². The number of methoxy groups -OCH3 is 1. The lowest BCUT2D eigenvalue weighted by Crippen LogP contribution is -2.05. The van der Waals surface area contributed by atoms with Gasteiger partial charge in [0.2, 0.25) is 0 Å². The van der Waals surface area contributed by atoms with Gasteiger partial charge in [-0.3, -0.25) is 0 Å². The molecule has 4 heteroatoms. The fourth-order valence-electron chi connectivity index (χ4n) is 0.976. The van der Waals surface area contributed by atoms with Gasteiger partial charge < -0.3 is 4.74 Å². The van der Waals surface area contributed by atoms with Crippen LogP contribution in [0.2, 0.25) is 0 Å². The van der Waals surface area contributed by atoms with Crippen molar-refractivity contribution in [3.63, 3.8) is 0 Å². The van der Waals surface area contributed by atoms with Crippen LogP contribution < -0.4 is 0 Å². The van der Waals surface area contributed by atoms with Crippen molar-refractivity contribution in [3.05, 3.63) is 34.9 Å². The molecule has 70 valence electrons. The summed E-state index contributed by atoms with van der Waals surface area (Å²) in [7, 11) is 1.18. The molecule has 1 aromatic rings. The van der Waals surface area contributed by atoms with Gasteiger partial charge in [-0.25, -0.2) is 13.6 Å². The second kappa shape index (κ2) is 3.51. The molecule has 0 fully saturated rings. The summed E-state index contributed by atoms with van der Waals surface area (Å²) in [6, 6.07) is 1.79. The highest BCUT2D eigenvalue weighted by Gasteiger charge is 2.13. The Kier molecular flexibility index (Phi) is 2.60. The zero-order valence-corrected chi connectivity index (χ0v) is 7.23. The number of carbonyl (C=O) groups is 1. The fraction of sp³-hybridized carbons (Fsp3) is 0.222. The molecular formula is C9H8F2O2. The van der Waals surface area contributed by atoms with Crippen LogP contribution in [0.1, 0.15) is 15.9 Å². The molecule has 0 aromatic heterocycles. The highest BCUT2D eigenvalue weighted by atomic mass is 19.2. The van der Waals surface area contributed by atoms with Gasteiger partial charge in [-0.1, -0.05) is 0 Å². The Labute approximate surface area is 74.1 Å². The van der Waals surface area contributed by atoms with Crippen molar-refractivity contribution in [3.8, 4) is 0 Å². The summed E-state index contributed by atoms with van der Waals surface area (Å²) in [6.07, 6.45) is 0. The van der Waals surface area contributed by atoms with Crippen molar-refractivity contribution >= 4 is 5.97 Å². The van der Waals surface area contributed by atoms with E-state index in [9.17, 15) is 13.6 Å². The van der Waals surface area contributed by atoms with Gasteiger partial charge in [0.05, 0.1) is 12.7 Å². The second-order valence-corrected chi connectivity index (χ2v) is 2.57. The SMILES string of the molecule is COC(=O)c1cc(F)c(F)cc1C. The predicted molar refractivity (Wildman–Crippen MR) is 42.4 cm³/mol. The Morgan fingerprint density at radius 3 is 2.38 bits per heavy atom. The molecule has 0 unspecified atom stereocenters. The molecule has 1 aromatic carbocycles. The smallest absolute Gasteiger partial charge is 0.338 e. The first kappa shape index (κ1) is 9.64. The summed E-state index contributed by atoms with van der Waals surface area (Å²) in [5.74, 6) is -2.69. The molecule has 2 nitrogen and oxygen atoms in total. The number of benzene rings is 1. The maximum atomic E-state index is 12.7. The third kappa shape index (κ3) is 1.83. The molecule has 13 heavy (non-hydrogen) atoms. The van der Waals surface area contributed by atoms with Gasteiger partial charge in [0, 0.05) is 0 Å². The number of rotatable bonds is 1. The molecule has 0 saturated carbocycles. The van der Waals surface area contributed by atoms with Crippen LogP contribution in [0.3, 0.4) is 0 Å². The lowest BCUT2D eigenvalue weighted by atomic mass is 10.1. The Morgan fingerprint density at radius 1 is 1.31 bits per heavy atom. The topological polar surface area (TPSA) is 26.3 Å². The van der Waals surface area contributed by atoms with Crippen molar-refractivity contribution in [2.45, 2.75) is 6.92 Å². The maximum absolute atomic E-state index is 12.7. The monoisotopic (exact) mass is 186 g/mol. The van der Waals surface area contributed by atoms with E-state index in [1.54, 1.807) is 0 Å². The minimum Gasteiger partial charge on any atom is -0.465 e. The Bertz CT molecular complexity index is 348. The van der Waals surface area contributed by atoms with Crippen molar-refractivity contribution in [2.75, 3.05) is 7.11 Å². The molecule has 0 atom stereocenters. The highest BCUT2D eigenvalue weighted by molar-refractivity contribution is 5.90. The van der Waals surface area contributed by atoms with Gasteiger partial charge in [-0.2, -0.15) is 0 Å². The normalized spacial score (nSPS) is 9.85. The first-order valence-corrected chi connectivity index (χ1v) is 3.60. The largest absolute Gasteiger partial charge is 0.465 e. The number of esters is 1. The molecule has 0 heterocycles. The molecule has 0 spiro atoms. The van der Waals surface area contributed by atoms with Gasteiger partial charge in [0.25, 0.3) is 0 Å². The Balaban J connectivity index is 3.23. The first-order valence-electron chi connectivity index (χ1n) is 3.60. The molecule has 0 radical (unpaired) electrons. The van der Waals surface area contributed by atoms with Gasteiger partial charge >= 0.3 is 5.97 Å². The summed E-state index contributed by atoms with van der Waals surface area (Å²) in [6.45, 7) is 1.51. The van der Waals surface area contributed by atoms with Crippen molar-refractivity contribution in [1.29, 1.82) is 0 Å². The minimum atomic E-state index is -1.05. The summed E-state index contributed by atoms with van der Waals surface area (Å²) < 4.78 is 29.7. The van der Waals surface area contributed by atoms with Crippen LogP contribution in [-0.4, -0.2) is 13.1 Å². The first-order chi connectivity index (χ1) is 6.06. The van der Waals surface area contributed by atoms with Crippen LogP contribution in [-0.2, 0) is 4.74 Å². The second-order valence-electron chi connectivity index (χ2n) is 2.57. The average molecular weight is 186 g/mol. The van der Waals surface area contributed by atoms with E-state index in [1.807, 2.05) is 0 Å². The van der Waals surface area contributed by atoms with E-state index in [0.29, 0.717) is 5.56 Å². The minimum absolute atomic E-state index is 0.0430. The third-order valence-electron chi connectivity index (χ3n) is 1.67. The number of carbonyl (C=O) groups excluding carboxylic acids is 1. The summed E-state index contributed by atoms with van der Waals surface area (Å²) >= 11 is 0. The number of hydrogen-bond acceptors (Lipinski definition) is 2. The molecule has 0 amide bonds. The Morgan fingerprint density at radius 2 is 1.85 bits per heavy atom. The zero-order valence-electron chi connectivity index (χ0n) is 7.23. The zero-order chi connectivity index (χ0) is 10.0. The summed E-state index contributed by atoms with van der Waals surface area (Å²) in [5.41, 5.74) is 0.396. The number of ether oxygens (including phenoxy) is 1. The number of halogens is 2. The van der Waals surface area contributed by atoms with Crippen molar-refractivity contribution in [1.82, 2.24) is 0 Å². The van der Waals surface area contributed by atoms with E-state index < -0.39 is 17.6 Å².